The van der Waals surface area contributed by atoms with Crippen LogP contribution < -0.4 is 0 Å². The summed E-state index contributed by atoms with van der Waals surface area (Å²) in [5.74, 6) is -0.387. The van der Waals surface area contributed by atoms with Crippen LogP contribution in [0, 0.1) is 6.92 Å². The Morgan fingerprint density at radius 1 is 1.44 bits per heavy atom. The number of aromatic nitrogens is 1. The number of carbonyl (C=O) groups excluding carboxylic acids is 1. The third-order valence-corrected chi connectivity index (χ3v) is 2.60. The first-order valence-corrected chi connectivity index (χ1v) is 5.34. The Hall–Kier alpha value is -1.92. The summed E-state index contributed by atoms with van der Waals surface area (Å²) in [4.78, 5) is 15.2. The Balaban J connectivity index is 2.32. The zero-order chi connectivity index (χ0) is 13.3. The van der Waals surface area contributed by atoms with E-state index in [2.05, 4.69) is 9.72 Å². The minimum atomic E-state index is -1.63. The summed E-state index contributed by atoms with van der Waals surface area (Å²) >= 11 is 0. The fourth-order valence-electron chi connectivity index (χ4n) is 1.67. The molecule has 0 saturated carbocycles. The molecular weight excluding hydrogens is 238 g/mol. The van der Waals surface area contributed by atoms with Gasteiger partial charge in [-0.05, 0) is 17.7 Å². The summed E-state index contributed by atoms with van der Waals surface area (Å²) < 4.78 is 9.67. The van der Waals surface area contributed by atoms with E-state index in [0.29, 0.717) is 22.6 Å². The Kier molecular flexibility index (Phi) is 3.31. The molecule has 0 aliphatic rings. The summed E-state index contributed by atoms with van der Waals surface area (Å²) in [7, 11) is 1.14. The Bertz CT molecular complexity index is 577. The summed E-state index contributed by atoms with van der Waals surface area (Å²) in [6.45, 7) is 1.71. The number of esters is 1. The van der Waals surface area contributed by atoms with Crippen molar-refractivity contribution in [2.24, 2.45) is 0 Å². The average molecular weight is 251 g/mol. The molecule has 1 aromatic heterocycles. The van der Waals surface area contributed by atoms with Crippen LogP contribution in [-0.2, 0) is 9.53 Å². The zero-order valence-electron chi connectivity index (χ0n) is 9.95. The number of aliphatic hydroxyl groups excluding tert-OH is 2. The fraction of sp³-hybridized carbons (Fsp3) is 0.333. The average Bonchev–Trinajstić information content (AvgIpc) is 2.74. The van der Waals surface area contributed by atoms with Crippen LogP contribution in [0.4, 0.5) is 0 Å². The van der Waals surface area contributed by atoms with E-state index in [1.807, 2.05) is 0 Å². The molecule has 0 aliphatic carbocycles. The predicted octanol–water partition coefficient (Wildman–Crippen LogP) is 0.704. The second-order valence-corrected chi connectivity index (χ2v) is 3.87. The molecule has 0 aliphatic heterocycles. The molecule has 0 saturated heterocycles. The number of oxazole rings is 1. The lowest BCUT2D eigenvalue weighted by molar-refractivity contribution is -0.156. The van der Waals surface area contributed by atoms with E-state index < -0.39 is 18.2 Å². The van der Waals surface area contributed by atoms with E-state index in [1.165, 1.54) is 6.07 Å². The number of methoxy groups -OCH3 is 1. The van der Waals surface area contributed by atoms with Gasteiger partial charge in [0.15, 0.2) is 17.6 Å². The van der Waals surface area contributed by atoms with Crippen molar-refractivity contribution in [2.45, 2.75) is 19.1 Å². The zero-order valence-corrected chi connectivity index (χ0v) is 9.95. The third-order valence-electron chi connectivity index (χ3n) is 2.60. The number of aliphatic hydroxyl groups is 2. The second-order valence-electron chi connectivity index (χ2n) is 3.87. The van der Waals surface area contributed by atoms with Crippen molar-refractivity contribution < 1.29 is 24.2 Å². The first-order chi connectivity index (χ1) is 8.52. The van der Waals surface area contributed by atoms with Crippen LogP contribution in [0.5, 0.6) is 0 Å². The van der Waals surface area contributed by atoms with Crippen molar-refractivity contribution >= 4 is 17.1 Å². The molecule has 96 valence electrons. The van der Waals surface area contributed by atoms with E-state index in [0.717, 1.165) is 7.11 Å². The molecule has 18 heavy (non-hydrogen) atoms. The standard InChI is InChI=1S/C12H13NO5/c1-6-13-8-4-3-7(5-9(8)18-6)10(14)11(15)12(16)17-2/h3-5,10-11,14-15H,1-2H3. The van der Waals surface area contributed by atoms with Crippen molar-refractivity contribution in [3.63, 3.8) is 0 Å². The van der Waals surface area contributed by atoms with Crippen LogP contribution >= 0.6 is 0 Å². The van der Waals surface area contributed by atoms with Gasteiger partial charge in [0.2, 0.25) is 0 Å². The number of nitrogens with zero attached hydrogens (tertiary/aromatic N) is 1. The molecule has 1 heterocycles. The summed E-state index contributed by atoms with van der Waals surface area (Å²) in [6, 6.07) is 4.75. The highest BCUT2D eigenvalue weighted by atomic mass is 16.5. The number of carbonyl (C=O) groups is 1. The van der Waals surface area contributed by atoms with Crippen LogP contribution in [0.15, 0.2) is 22.6 Å². The molecule has 2 rings (SSSR count). The minimum Gasteiger partial charge on any atom is -0.467 e. The maximum Gasteiger partial charge on any atom is 0.337 e. The third kappa shape index (κ3) is 2.20. The molecule has 1 aromatic carbocycles. The van der Waals surface area contributed by atoms with Gasteiger partial charge in [0.1, 0.15) is 11.6 Å². The highest BCUT2D eigenvalue weighted by Gasteiger charge is 2.26. The van der Waals surface area contributed by atoms with Crippen molar-refractivity contribution in [2.75, 3.05) is 7.11 Å². The van der Waals surface area contributed by atoms with Crippen molar-refractivity contribution in [3.8, 4) is 0 Å². The van der Waals surface area contributed by atoms with E-state index in [1.54, 1.807) is 19.1 Å². The van der Waals surface area contributed by atoms with Crippen LogP contribution in [0.1, 0.15) is 17.6 Å². The lowest BCUT2D eigenvalue weighted by Crippen LogP contribution is -2.28. The summed E-state index contributed by atoms with van der Waals surface area (Å²) in [6.07, 6.45) is -3.00. The molecule has 0 fully saturated rings. The van der Waals surface area contributed by atoms with Crippen molar-refractivity contribution in [3.05, 3.63) is 29.7 Å². The number of benzene rings is 1. The van der Waals surface area contributed by atoms with E-state index in [-0.39, 0.29) is 0 Å². The van der Waals surface area contributed by atoms with Crippen molar-refractivity contribution in [1.29, 1.82) is 0 Å². The SMILES string of the molecule is COC(=O)C(O)C(O)c1ccc2nc(C)oc2c1. The lowest BCUT2D eigenvalue weighted by Gasteiger charge is -2.15. The van der Waals surface area contributed by atoms with Gasteiger partial charge in [-0.1, -0.05) is 6.07 Å². The quantitative estimate of drug-likeness (QED) is 0.780. The maximum absolute atomic E-state index is 11.1. The van der Waals surface area contributed by atoms with Gasteiger partial charge in [0.25, 0.3) is 0 Å². The number of rotatable bonds is 3. The van der Waals surface area contributed by atoms with E-state index >= 15 is 0 Å². The van der Waals surface area contributed by atoms with Gasteiger partial charge in [-0.15, -0.1) is 0 Å². The molecule has 2 atom stereocenters. The highest BCUT2D eigenvalue weighted by molar-refractivity contribution is 5.77. The topological polar surface area (TPSA) is 92.8 Å². The van der Waals surface area contributed by atoms with Gasteiger partial charge in [-0.25, -0.2) is 9.78 Å². The summed E-state index contributed by atoms with van der Waals surface area (Å²) in [5.41, 5.74) is 1.49. The number of hydrogen-bond acceptors (Lipinski definition) is 6. The van der Waals surface area contributed by atoms with E-state index in [9.17, 15) is 15.0 Å². The van der Waals surface area contributed by atoms with Gasteiger partial charge >= 0.3 is 5.97 Å². The molecular formula is C12H13NO5. The molecule has 0 bridgehead atoms. The van der Waals surface area contributed by atoms with Crippen molar-refractivity contribution in [1.82, 2.24) is 4.98 Å². The lowest BCUT2D eigenvalue weighted by atomic mass is 10.0. The molecule has 0 radical (unpaired) electrons. The first kappa shape index (κ1) is 12.5. The highest BCUT2D eigenvalue weighted by Crippen LogP contribution is 2.23. The number of ether oxygens (including phenoxy) is 1. The number of hydrogen-bond donors (Lipinski definition) is 2. The van der Waals surface area contributed by atoms with Gasteiger partial charge < -0.3 is 19.4 Å². The molecule has 6 heteroatoms. The van der Waals surface area contributed by atoms with Gasteiger partial charge in [0.05, 0.1) is 7.11 Å². The smallest absolute Gasteiger partial charge is 0.337 e. The maximum atomic E-state index is 11.1. The fourth-order valence-corrected chi connectivity index (χ4v) is 1.67. The Morgan fingerprint density at radius 2 is 2.17 bits per heavy atom. The molecule has 2 aromatic rings. The first-order valence-electron chi connectivity index (χ1n) is 5.34. The number of fused-ring (bicyclic) bond motifs is 1. The van der Waals surface area contributed by atoms with Crippen LogP contribution in [0.3, 0.4) is 0 Å². The normalized spacial score (nSPS) is 14.4. The predicted molar refractivity (Wildman–Crippen MR) is 61.7 cm³/mol. The Morgan fingerprint density at radius 3 is 2.83 bits per heavy atom. The Labute approximate surface area is 103 Å². The largest absolute Gasteiger partial charge is 0.467 e. The second kappa shape index (κ2) is 4.75. The summed E-state index contributed by atoms with van der Waals surface area (Å²) in [5, 5.41) is 19.4. The van der Waals surface area contributed by atoms with Crippen LogP contribution in [-0.4, -0.2) is 34.4 Å². The number of aryl methyl sites for hydroxylation is 1. The van der Waals surface area contributed by atoms with Gasteiger partial charge in [-0.3, -0.25) is 0 Å². The van der Waals surface area contributed by atoms with Crippen LogP contribution in [0.25, 0.3) is 11.1 Å². The molecule has 0 amide bonds. The monoisotopic (exact) mass is 251 g/mol. The van der Waals surface area contributed by atoms with Gasteiger partial charge in [-0.2, -0.15) is 0 Å². The van der Waals surface area contributed by atoms with Gasteiger partial charge in [0, 0.05) is 6.92 Å². The molecule has 0 spiro atoms. The molecule has 2 unspecified atom stereocenters. The minimum absolute atomic E-state index is 0.358. The molecule has 6 nitrogen and oxygen atoms in total. The van der Waals surface area contributed by atoms with Crippen LogP contribution in [0.2, 0.25) is 0 Å². The molecule has 2 N–H and O–H groups in total. The van der Waals surface area contributed by atoms with E-state index in [4.69, 9.17) is 4.42 Å².